The summed E-state index contributed by atoms with van der Waals surface area (Å²) >= 11 is 1.80. The van der Waals surface area contributed by atoms with E-state index in [4.69, 9.17) is 4.74 Å². The molecule has 0 radical (unpaired) electrons. The fourth-order valence-corrected chi connectivity index (χ4v) is 2.36. The largest absolute Gasteiger partial charge is 0.497 e. The maximum Gasteiger partial charge on any atom is 0.269 e. The number of hydrogen-bond donors (Lipinski definition) is 2. The molecule has 2 rings (SSSR count). The average molecular weight is 305 g/mol. The highest BCUT2D eigenvalue weighted by Crippen LogP contribution is 2.21. The lowest BCUT2D eigenvalue weighted by Crippen LogP contribution is -2.26. The maximum atomic E-state index is 11.9. The molecule has 0 atom stereocenters. The second-order valence-electron chi connectivity index (χ2n) is 4.35. The first kappa shape index (κ1) is 15.4. The number of nitrogens with zero attached hydrogens (tertiary/aromatic N) is 1. The molecule has 0 saturated heterocycles. The highest BCUT2D eigenvalue weighted by atomic mass is 32.2. The zero-order chi connectivity index (χ0) is 15.1. The molecule has 1 amide bonds. The van der Waals surface area contributed by atoms with Gasteiger partial charge >= 0.3 is 0 Å². The van der Waals surface area contributed by atoms with Crippen molar-refractivity contribution in [3.63, 3.8) is 0 Å². The van der Waals surface area contributed by atoms with Gasteiger partial charge in [-0.15, -0.1) is 0 Å². The molecule has 1 aromatic heterocycles. The Hall–Kier alpha value is -1.95. The van der Waals surface area contributed by atoms with Crippen LogP contribution in [0.1, 0.15) is 17.4 Å². The summed E-state index contributed by atoms with van der Waals surface area (Å²) in [6, 6.07) is 9.31. The highest BCUT2D eigenvalue weighted by Gasteiger charge is 2.10. The zero-order valence-corrected chi connectivity index (χ0v) is 13.0. The summed E-state index contributed by atoms with van der Waals surface area (Å²) < 4.78 is 5.12. The number of amides is 1. The number of nitrogens with one attached hydrogen (secondary N) is 2. The number of benzene rings is 1. The summed E-state index contributed by atoms with van der Waals surface area (Å²) in [7, 11) is 1.63. The van der Waals surface area contributed by atoms with Crippen LogP contribution in [0.2, 0.25) is 0 Å². The van der Waals surface area contributed by atoms with Crippen molar-refractivity contribution in [3.8, 4) is 17.0 Å². The van der Waals surface area contributed by atoms with Crippen molar-refractivity contribution in [1.29, 1.82) is 0 Å². The van der Waals surface area contributed by atoms with Gasteiger partial charge in [-0.05, 0) is 36.1 Å². The molecule has 1 heterocycles. The fraction of sp³-hybridized carbons (Fsp3) is 0.333. The van der Waals surface area contributed by atoms with E-state index in [0.29, 0.717) is 12.2 Å². The Bertz CT molecular complexity index is 581. The number of methoxy groups -OCH3 is 1. The van der Waals surface area contributed by atoms with Gasteiger partial charge in [0.1, 0.15) is 11.4 Å². The van der Waals surface area contributed by atoms with Gasteiger partial charge in [0.25, 0.3) is 5.91 Å². The van der Waals surface area contributed by atoms with Gasteiger partial charge in [-0.2, -0.15) is 16.9 Å². The third kappa shape index (κ3) is 4.26. The maximum absolute atomic E-state index is 11.9. The van der Waals surface area contributed by atoms with Gasteiger partial charge in [0.2, 0.25) is 0 Å². The summed E-state index contributed by atoms with van der Waals surface area (Å²) in [5, 5.41) is 9.81. The number of H-pyrrole nitrogens is 1. The molecule has 1 aromatic carbocycles. The van der Waals surface area contributed by atoms with Crippen molar-refractivity contribution in [1.82, 2.24) is 15.5 Å². The first-order valence-electron chi connectivity index (χ1n) is 6.80. The number of hydrogen-bond acceptors (Lipinski definition) is 4. The SMILES string of the molecule is CCSCCNC(=O)c1cc(-c2ccc(OC)cc2)n[nH]1. The standard InChI is InChI=1S/C15H19N3O2S/c1-3-21-9-8-16-15(19)14-10-13(17-18-14)11-4-6-12(20-2)7-5-11/h4-7,10H,3,8-9H2,1-2H3,(H,16,19)(H,17,18). The van der Waals surface area contributed by atoms with Crippen molar-refractivity contribution >= 4 is 17.7 Å². The van der Waals surface area contributed by atoms with Crippen LogP contribution in [0.5, 0.6) is 5.75 Å². The van der Waals surface area contributed by atoms with Gasteiger partial charge in [-0.25, -0.2) is 0 Å². The zero-order valence-electron chi connectivity index (χ0n) is 12.2. The van der Waals surface area contributed by atoms with Gasteiger partial charge < -0.3 is 10.1 Å². The van der Waals surface area contributed by atoms with Crippen LogP contribution in [0.15, 0.2) is 30.3 Å². The number of carbonyl (C=O) groups excluding carboxylic acids is 1. The van der Waals surface area contributed by atoms with Crippen molar-refractivity contribution in [3.05, 3.63) is 36.0 Å². The van der Waals surface area contributed by atoms with E-state index in [0.717, 1.165) is 28.5 Å². The Morgan fingerprint density at radius 2 is 2.14 bits per heavy atom. The molecular formula is C15H19N3O2S. The van der Waals surface area contributed by atoms with Gasteiger partial charge in [0, 0.05) is 17.9 Å². The smallest absolute Gasteiger partial charge is 0.269 e. The molecule has 2 N–H and O–H groups in total. The lowest BCUT2D eigenvalue weighted by Gasteiger charge is -2.01. The van der Waals surface area contributed by atoms with E-state index in [-0.39, 0.29) is 5.91 Å². The van der Waals surface area contributed by atoms with E-state index in [1.165, 1.54) is 0 Å². The molecule has 21 heavy (non-hydrogen) atoms. The van der Waals surface area contributed by atoms with Crippen LogP contribution in [0.4, 0.5) is 0 Å². The van der Waals surface area contributed by atoms with Crippen LogP contribution in [0.25, 0.3) is 11.3 Å². The van der Waals surface area contributed by atoms with Gasteiger partial charge in [0.15, 0.2) is 0 Å². The fourth-order valence-electron chi connectivity index (χ4n) is 1.82. The summed E-state index contributed by atoms with van der Waals surface area (Å²) in [4.78, 5) is 11.9. The molecule has 6 heteroatoms. The van der Waals surface area contributed by atoms with Crippen LogP contribution in [0, 0.1) is 0 Å². The Morgan fingerprint density at radius 1 is 1.38 bits per heavy atom. The van der Waals surface area contributed by atoms with Crippen LogP contribution < -0.4 is 10.1 Å². The minimum atomic E-state index is -0.126. The number of thioether (sulfide) groups is 1. The van der Waals surface area contributed by atoms with Crippen LogP contribution >= 0.6 is 11.8 Å². The van der Waals surface area contributed by atoms with E-state index < -0.39 is 0 Å². The quantitative estimate of drug-likeness (QED) is 0.772. The second kappa shape index (κ2) is 7.73. The Labute approximate surface area is 128 Å². The van der Waals surface area contributed by atoms with Crippen molar-refractivity contribution in [2.24, 2.45) is 0 Å². The molecule has 0 aliphatic carbocycles. The van der Waals surface area contributed by atoms with E-state index in [1.807, 2.05) is 24.3 Å². The molecule has 0 fully saturated rings. The number of aromatic nitrogens is 2. The topological polar surface area (TPSA) is 67.0 Å². The minimum Gasteiger partial charge on any atom is -0.497 e. The lowest BCUT2D eigenvalue weighted by molar-refractivity contribution is 0.0951. The Kier molecular flexibility index (Phi) is 5.68. The number of ether oxygens (including phenoxy) is 1. The van der Waals surface area contributed by atoms with E-state index in [1.54, 1.807) is 24.9 Å². The second-order valence-corrected chi connectivity index (χ2v) is 5.74. The predicted octanol–water partition coefficient (Wildman–Crippen LogP) is 2.57. The van der Waals surface area contributed by atoms with E-state index >= 15 is 0 Å². The monoisotopic (exact) mass is 305 g/mol. The third-order valence-corrected chi connectivity index (χ3v) is 3.85. The van der Waals surface area contributed by atoms with E-state index in [9.17, 15) is 4.79 Å². The molecular weight excluding hydrogens is 286 g/mol. The molecule has 0 aliphatic rings. The molecule has 112 valence electrons. The normalized spacial score (nSPS) is 10.4. The lowest BCUT2D eigenvalue weighted by atomic mass is 10.1. The molecule has 2 aromatic rings. The minimum absolute atomic E-state index is 0.126. The molecule has 0 unspecified atom stereocenters. The first-order chi connectivity index (χ1) is 10.2. The van der Waals surface area contributed by atoms with Crippen LogP contribution in [-0.2, 0) is 0 Å². The average Bonchev–Trinajstić information content (AvgIpc) is 3.01. The van der Waals surface area contributed by atoms with Crippen molar-refractivity contribution in [2.45, 2.75) is 6.92 Å². The number of carbonyl (C=O) groups is 1. The third-order valence-electron chi connectivity index (χ3n) is 2.94. The summed E-state index contributed by atoms with van der Waals surface area (Å²) in [5.41, 5.74) is 2.15. The van der Waals surface area contributed by atoms with Crippen LogP contribution in [-0.4, -0.2) is 41.3 Å². The Balaban J connectivity index is 1.98. The van der Waals surface area contributed by atoms with Gasteiger partial charge in [-0.3, -0.25) is 9.89 Å². The molecule has 0 spiro atoms. The molecule has 5 nitrogen and oxygen atoms in total. The molecule has 0 saturated carbocycles. The van der Waals surface area contributed by atoms with Crippen molar-refractivity contribution in [2.75, 3.05) is 25.2 Å². The Morgan fingerprint density at radius 3 is 2.81 bits per heavy atom. The predicted molar refractivity (Wildman–Crippen MR) is 85.9 cm³/mol. The highest BCUT2D eigenvalue weighted by molar-refractivity contribution is 7.99. The molecule has 0 aliphatic heterocycles. The van der Waals surface area contributed by atoms with Crippen LogP contribution in [0.3, 0.4) is 0 Å². The van der Waals surface area contributed by atoms with Crippen molar-refractivity contribution < 1.29 is 9.53 Å². The van der Waals surface area contributed by atoms with E-state index in [2.05, 4.69) is 22.4 Å². The molecule has 0 bridgehead atoms. The van der Waals surface area contributed by atoms with Gasteiger partial charge in [-0.1, -0.05) is 6.92 Å². The first-order valence-corrected chi connectivity index (χ1v) is 7.96. The summed E-state index contributed by atoms with van der Waals surface area (Å²) in [6.45, 7) is 2.76. The summed E-state index contributed by atoms with van der Waals surface area (Å²) in [6.07, 6.45) is 0. The number of aromatic amines is 1. The summed E-state index contributed by atoms with van der Waals surface area (Å²) in [5.74, 6) is 2.64. The number of rotatable bonds is 7. The van der Waals surface area contributed by atoms with Gasteiger partial charge in [0.05, 0.1) is 12.8 Å².